The average Bonchev–Trinajstić information content (AvgIpc) is 3.19. The molecule has 4 rings (SSSR count). The first-order valence-electron chi connectivity index (χ1n) is 7.74. The van der Waals surface area contributed by atoms with E-state index in [4.69, 9.17) is 23.2 Å². The molecule has 0 aliphatic heterocycles. The zero-order valence-electron chi connectivity index (χ0n) is 13.0. The van der Waals surface area contributed by atoms with Gasteiger partial charge in [-0.3, -0.25) is 0 Å². The molecule has 0 fully saturated rings. The van der Waals surface area contributed by atoms with Gasteiger partial charge < -0.3 is 4.57 Å². The van der Waals surface area contributed by atoms with Gasteiger partial charge in [0, 0.05) is 44.3 Å². The van der Waals surface area contributed by atoms with Gasteiger partial charge in [-0.2, -0.15) is 5.21 Å². The van der Waals surface area contributed by atoms with Gasteiger partial charge in [0.2, 0.25) is 0 Å². The number of tetrazole rings is 1. The van der Waals surface area contributed by atoms with Crippen LogP contribution in [-0.4, -0.2) is 25.2 Å². The first-order chi connectivity index (χ1) is 11.6. The van der Waals surface area contributed by atoms with Gasteiger partial charge >= 0.3 is 0 Å². The van der Waals surface area contributed by atoms with Crippen LogP contribution in [0.15, 0.2) is 36.4 Å². The summed E-state index contributed by atoms with van der Waals surface area (Å²) in [6.45, 7) is 2.95. The number of nitrogens with zero attached hydrogens (tertiary/aromatic N) is 4. The topological polar surface area (TPSA) is 59.4 Å². The van der Waals surface area contributed by atoms with Crippen molar-refractivity contribution in [3.63, 3.8) is 0 Å². The average molecular weight is 360 g/mol. The summed E-state index contributed by atoms with van der Waals surface area (Å²) < 4.78 is 2.30. The number of aryl methyl sites for hydroxylation is 1. The van der Waals surface area contributed by atoms with Crippen molar-refractivity contribution in [2.24, 2.45) is 0 Å². The minimum absolute atomic E-state index is 0.218. The molecule has 5 nitrogen and oxygen atoms in total. The number of H-pyrrole nitrogens is 1. The molecule has 0 bridgehead atoms. The molecule has 0 aliphatic carbocycles. The molecular weight excluding hydrogens is 345 g/mol. The number of aromatic nitrogens is 5. The van der Waals surface area contributed by atoms with E-state index in [9.17, 15) is 0 Å². The maximum absolute atomic E-state index is 6.19. The van der Waals surface area contributed by atoms with Crippen molar-refractivity contribution in [1.82, 2.24) is 25.2 Å². The fourth-order valence-corrected chi connectivity index (χ4v) is 3.46. The van der Waals surface area contributed by atoms with Crippen LogP contribution in [0, 0.1) is 0 Å². The molecule has 122 valence electrons. The Hall–Kier alpha value is -2.11. The zero-order valence-corrected chi connectivity index (χ0v) is 14.5. The van der Waals surface area contributed by atoms with E-state index in [1.807, 2.05) is 24.3 Å². The predicted molar refractivity (Wildman–Crippen MR) is 96.7 cm³/mol. The van der Waals surface area contributed by atoms with Gasteiger partial charge in [0.05, 0.1) is 0 Å². The monoisotopic (exact) mass is 359 g/mol. The Morgan fingerprint density at radius 2 is 1.67 bits per heavy atom. The van der Waals surface area contributed by atoms with Crippen LogP contribution < -0.4 is 0 Å². The van der Waals surface area contributed by atoms with Crippen molar-refractivity contribution < 1.29 is 0 Å². The Labute approximate surface area is 148 Å². The fraction of sp³-hybridized carbons (Fsp3) is 0.235. The molecule has 0 spiro atoms. The molecule has 2 aromatic heterocycles. The van der Waals surface area contributed by atoms with Crippen molar-refractivity contribution >= 4 is 45.0 Å². The highest BCUT2D eigenvalue weighted by Crippen LogP contribution is 2.33. The number of hydrogen-bond acceptors (Lipinski definition) is 3. The summed E-state index contributed by atoms with van der Waals surface area (Å²) >= 11 is 12.4. The molecule has 24 heavy (non-hydrogen) atoms. The molecule has 0 aliphatic rings. The first-order valence-corrected chi connectivity index (χ1v) is 8.49. The van der Waals surface area contributed by atoms with E-state index in [0.717, 1.165) is 50.6 Å². The Balaban J connectivity index is 1.78. The van der Waals surface area contributed by atoms with E-state index in [-0.39, 0.29) is 5.92 Å². The first kappa shape index (κ1) is 15.4. The van der Waals surface area contributed by atoms with Crippen molar-refractivity contribution in [3.05, 3.63) is 52.3 Å². The molecule has 2 aromatic carbocycles. The van der Waals surface area contributed by atoms with Crippen molar-refractivity contribution in [2.45, 2.75) is 25.8 Å². The largest absolute Gasteiger partial charge is 0.340 e. The lowest BCUT2D eigenvalue weighted by Crippen LogP contribution is -2.04. The van der Waals surface area contributed by atoms with E-state index in [2.05, 4.69) is 44.2 Å². The predicted octanol–water partition coefficient (Wildman–Crippen LogP) is 4.81. The molecule has 4 aromatic rings. The number of halogens is 2. The third-order valence-electron chi connectivity index (χ3n) is 4.38. The Morgan fingerprint density at radius 3 is 2.21 bits per heavy atom. The minimum Gasteiger partial charge on any atom is -0.340 e. The highest BCUT2D eigenvalue weighted by atomic mass is 35.5. The Morgan fingerprint density at radius 1 is 1.04 bits per heavy atom. The second kappa shape index (κ2) is 6.07. The van der Waals surface area contributed by atoms with Gasteiger partial charge in [-0.05, 0) is 42.8 Å². The molecule has 0 amide bonds. The molecule has 0 radical (unpaired) electrons. The van der Waals surface area contributed by atoms with E-state index in [1.54, 1.807) is 0 Å². The number of rotatable bonds is 4. The van der Waals surface area contributed by atoms with Crippen LogP contribution in [0.2, 0.25) is 10.0 Å². The van der Waals surface area contributed by atoms with Gasteiger partial charge in [-0.1, -0.05) is 35.3 Å². The SMILES string of the molecule is C[C@@H](CCn1c2ccc(Cl)cc2c2cc(Cl)ccc21)c1nn[nH]n1. The van der Waals surface area contributed by atoms with Crippen molar-refractivity contribution in [3.8, 4) is 0 Å². The molecule has 1 atom stereocenters. The summed E-state index contributed by atoms with van der Waals surface area (Å²) in [6.07, 6.45) is 0.906. The van der Waals surface area contributed by atoms with Crippen LogP contribution >= 0.6 is 23.2 Å². The lowest BCUT2D eigenvalue weighted by molar-refractivity contribution is 0.574. The normalized spacial score (nSPS) is 13.0. The van der Waals surface area contributed by atoms with Crippen LogP contribution in [0.5, 0.6) is 0 Å². The quantitative estimate of drug-likeness (QED) is 0.568. The number of aromatic amines is 1. The lowest BCUT2D eigenvalue weighted by atomic mass is 10.1. The van der Waals surface area contributed by atoms with Crippen LogP contribution in [-0.2, 0) is 6.54 Å². The summed E-state index contributed by atoms with van der Waals surface area (Å²) in [7, 11) is 0. The van der Waals surface area contributed by atoms with Crippen LogP contribution in [0.4, 0.5) is 0 Å². The maximum Gasteiger partial charge on any atom is 0.177 e. The highest BCUT2D eigenvalue weighted by Gasteiger charge is 2.15. The maximum atomic E-state index is 6.19. The second-order valence-corrected chi connectivity index (χ2v) is 6.81. The minimum atomic E-state index is 0.218. The number of fused-ring (bicyclic) bond motifs is 3. The number of benzene rings is 2. The second-order valence-electron chi connectivity index (χ2n) is 5.93. The summed E-state index contributed by atoms with van der Waals surface area (Å²) in [4.78, 5) is 0. The van der Waals surface area contributed by atoms with E-state index in [1.165, 1.54) is 0 Å². The Bertz CT molecular complexity index is 948. The van der Waals surface area contributed by atoms with E-state index in [0.29, 0.717) is 0 Å². The number of hydrogen-bond donors (Lipinski definition) is 1. The summed E-state index contributed by atoms with van der Waals surface area (Å²) in [5.41, 5.74) is 2.30. The summed E-state index contributed by atoms with van der Waals surface area (Å²) in [6, 6.07) is 11.9. The van der Waals surface area contributed by atoms with E-state index >= 15 is 0 Å². The van der Waals surface area contributed by atoms with Crippen molar-refractivity contribution in [1.29, 1.82) is 0 Å². The molecule has 1 N–H and O–H groups in total. The van der Waals surface area contributed by atoms with Gasteiger partial charge in [0.15, 0.2) is 5.82 Å². The van der Waals surface area contributed by atoms with Gasteiger partial charge in [0.1, 0.15) is 0 Å². The fourth-order valence-electron chi connectivity index (χ4n) is 3.12. The third kappa shape index (κ3) is 2.64. The van der Waals surface area contributed by atoms with Crippen LogP contribution in [0.1, 0.15) is 25.1 Å². The smallest absolute Gasteiger partial charge is 0.177 e. The molecule has 0 unspecified atom stereocenters. The van der Waals surface area contributed by atoms with Gasteiger partial charge in [0.25, 0.3) is 0 Å². The highest BCUT2D eigenvalue weighted by molar-refractivity contribution is 6.33. The van der Waals surface area contributed by atoms with Gasteiger partial charge in [-0.25, -0.2) is 0 Å². The van der Waals surface area contributed by atoms with Gasteiger partial charge in [-0.15, -0.1) is 10.2 Å². The Kier molecular flexibility index (Phi) is 3.90. The molecule has 0 saturated carbocycles. The number of nitrogens with one attached hydrogen (secondary N) is 1. The lowest BCUT2D eigenvalue weighted by Gasteiger charge is -2.10. The molecule has 0 saturated heterocycles. The summed E-state index contributed by atoms with van der Waals surface area (Å²) in [5, 5.41) is 18.0. The van der Waals surface area contributed by atoms with Crippen LogP contribution in [0.25, 0.3) is 21.8 Å². The van der Waals surface area contributed by atoms with Crippen LogP contribution in [0.3, 0.4) is 0 Å². The molecular formula is C17H15Cl2N5. The molecule has 7 heteroatoms. The van der Waals surface area contributed by atoms with Crippen molar-refractivity contribution in [2.75, 3.05) is 0 Å². The third-order valence-corrected chi connectivity index (χ3v) is 4.85. The summed E-state index contributed by atoms with van der Waals surface area (Å²) in [5.74, 6) is 0.956. The molecule has 2 heterocycles. The van der Waals surface area contributed by atoms with E-state index < -0.39 is 0 Å². The standard InChI is InChI=1S/C17H15Cl2N5/c1-10(17-20-22-23-21-17)6-7-24-15-4-2-11(18)8-13(15)14-9-12(19)3-5-16(14)24/h2-5,8-10H,6-7H2,1H3,(H,20,21,22,23)/t10-/m0/s1. The zero-order chi connectivity index (χ0) is 16.7.